The first kappa shape index (κ1) is 19.9. The highest BCUT2D eigenvalue weighted by Crippen LogP contribution is 2.29. The van der Waals surface area contributed by atoms with Gasteiger partial charge in [-0.25, -0.2) is 9.18 Å². The lowest BCUT2D eigenvalue weighted by Crippen LogP contribution is -2.20. The number of carbonyl (C=O) groups is 1. The molecule has 0 aliphatic carbocycles. The Labute approximate surface area is 167 Å². The summed E-state index contributed by atoms with van der Waals surface area (Å²) in [5.74, 6) is -0.208. The van der Waals surface area contributed by atoms with Crippen molar-refractivity contribution in [1.82, 2.24) is 5.32 Å². The summed E-state index contributed by atoms with van der Waals surface area (Å²) >= 11 is 6.13. The number of hydrogen-bond acceptors (Lipinski definition) is 3. The Hall–Kier alpha value is -2.89. The zero-order valence-electron chi connectivity index (χ0n) is 15.2. The molecule has 0 bridgehead atoms. The van der Waals surface area contributed by atoms with Crippen LogP contribution in [0.4, 0.5) is 4.39 Å². The molecule has 1 atom stereocenters. The van der Waals surface area contributed by atoms with Gasteiger partial charge in [0, 0.05) is 23.2 Å². The van der Waals surface area contributed by atoms with E-state index in [4.69, 9.17) is 16.3 Å². The maximum Gasteiger partial charge on any atom is 0.336 e. The Balaban J connectivity index is 1.78. The lowest BCUT2D eigenvalue weighted by molar-refractivity contribution is 0.0695. The van der Waals surface area contributed by atoms with Crippen molar-refractivity contribution in [2.45, 2.75) is 19.5 Å². The van der Waals surface area contributed by atoms with Crippen LogP contribution in [0.1, 0.15) is 34.5 Å². The topological polar surface area (TPSA) is 58.6 Å². The minimum Gasteiger partial charge on any atom is -0.478 e. The van der Waals surface area contributed by atoms with Crippen LogP contribution < -0.4 is 10.1 Å². The van der Waals surface area contributed by atoms with E-state index < -0.39 is 5.97 Å². The fraction of sp³-hybridized carbons (Fsp3) is 0.136. The van der Waals surface area contributed by atoms with Crippen LogP contribution in [0.3, 0.4) is 0 Å². The molecular formula is C22H19ClFNO3. The van der Waals surface area contributed by atoms with E-state index in [2.05, 4.69) is 5.32 Å². The van der Waals surface area contributed by atoms with E-state index in [0.29, 0.717) is 28.6 Å². The third-order valence-electron chi connectivity index (χ3n) is 4.32. The summed E-state index contributed by atoms with van der Waals surface area (Å²) in [4.78, 5) is 11.4. The Bertz CT molecular complexity index is 976. The molecule has 144 valence electrons. The largest absolute Gasteiger partial charge is 0.478 e. The van der Waals surface area contributed by atoms with E-state index in [1.54, 1.807) is 48.5 Å². The molecule has 0 spiro atoms. The predicted molar refractivity (Wildman–Crippen MR) is 107 cm³/mol. The van der Waals surface area contributed by atoms with Crippen LogP contribution >= 0.6 is 11.6 Å². The third kappa shape index (κ3) is 4.88. The quantitative estimate of drug-likeness (QED) is 0.525. The first-order chi connectivity index (χ1) is 13.4. The van der Waals surface area contributed by atoms with Gasteiger partial charge < -0.3 is 15.2 Å². The molecule has 0 aliphatic rings. The van der Waals surface area contributed by atoms with Crippen molar-refractivity contribution in [3.63, 3.8) is 0 Å². The molecule has 0 saturated heterocycles. The van der Waals surface area contributed by atoms with Crippen LogP contribution in [0.2, 0.25) is 5.02 Å². The molecule has 6 heteroatoms. The van der Waals surface area contributed by atoms with Crippen molar-refractivity contribution in [3.05, 3.63) is 94.3 Å². The molecule has 0 aromatic heterocycles. The van der Waals surface area contributed by atoms with E-state index in [0.717, 1.165) is 5.56 Å². The van der Waals surface area contributed by atoms with Crippen molar-refractivity contribution in [1.29, 1.82) is 0 Å². The van der Waals surface area contributed by atoms with Crippen LogP contribution in [0.15, 0.2) is 66.7 Å². The van der Waals surface area contributed by atoms with Crippen molar-refractivity contribution in [2.24, 2.45) is 0 Å². The zero-order valence-corrected chi connectivity index (χ0v) is 15.9. The highest BCUT2D eigenvalue weighted by molar-refractivity contribution is 6.30. The highest BCUT2D eigenvalue weighted by atomic mass is 35.5. The molecule has 28 heavy (non-hydrogen) atoms. The van der Waals surface area contributed by atoms with Gasteiger partial charge in [0.25, 0.3) is 0 Å². The standard InChI is InChI=1S/C22H19ClFNO3/c1-14(19-4-2-3-5-20(19)22(26)27)25-13-15-12-16(23)6-11-21(15)28-18-9-7-17(24)8-10-18/h2-12,14,25H,13H2,1H3,(H,26,27)/t14-/m0/s1. The van der Waals surface area contributed by atoms with Crippen LogP contribution in [0.25, 0.3) is 0 Å². The van der Waals surface area contributed by atoms with Gasteiger partial charge >= 0.3 is 5.97 Å². The highest BCUT2D eigenvalue weighted by Gasteiger charge is 2.15. The fourth-order valence-corrected chi connectivity index (χ4v) is 3.05. The number of aromatic carboxylic acids is 1. The van der Waals surface area contributed by atoms with Gasteiger partial charge in [0.05, 0.1) is 5.56 Å². The molecule has 0 fully saturated rings. The van der Waals surface area contributed by atoms with E-state index in [-0.39, 0.29) is 17.4 Å². The Morgan fingerprint density at radius 3 is 2.57 bits per heavy atom. The van der Waals surface area contributed by atoms with Crippen LogP contribution in [-0.4, -0.2) is 11.1 Å². The molecule has 0 aliphatic heterocycles. The first-order valence-corrected chi connectivity index (χ1v) is 9.09. The van der Waals surface area contributed by atoms with Gasteiger partial charge in [0.2, 0.25) is 0 Å². The number of halogens is 2. The summed E-state index contributed by atoms with van der Waals surface area (Å²) in [7, 11) is 0. The number of hydrogen-bond donors (Lipinski definition) is 2. The van der Waals surface area contributed by atoms with E-state index in [9.17, 15) is 14.3 Å². The van der Waals surface area contributed by atoms with Crippen molar-refractivity contribution < 1.29 is 19.0 Å². The maximum absolute atomic E-state index is 13.1. The third-order valence-corrected chi connectivity index (χ3v) is 4.56. The number of benzene rings is 3. The molecule has 2 N–H and O–H groups in total. The van der Waals surface area contributed by atoms with E-state index in [1.807, 2.05) is 13.0 Å². The summed E-state index contributed by atoms with van der Waals surface area (Å²) in [6.07, 6.45) is 0. The Morgan fingerprint density at radius 1 is 1.14 bits per heavy atom. The van der Waals surface area contributed by atoms with Crippen molar-refractivity contribution >= 4 is 17.6 Å². The van der Waals surface area contributed by atoms with Crippen molar-refractivity contribution in [3.8, 4) is 11.5 Å². The van der Waals surface area contributed by atoms with Gasteiger partial charge in [-0.3, -0.25) is 0 Å². The fourth-order valence-electron chi connectivity index (χ4n) is 2.86. The Kier molecular flexibility index (Phi) is 6.29. The predicted octanol–water partition coefficient (Wildman–Crippen LogP) is 5.82. The summed E-state index contributed by atoms with van der Waals surface area (Å²) in [6, 6.07) is 17.7. The SMILES string of the molecule is C[C@H](NCc1cc(Cl)ccc1Oc1ccc(F)cc1)c1ccccc1C(=O)O. The number of carboxylic acid groups (broad SMARTS) is 1. The molecule has 0 radical (unpaired) electrons. The minimum atomic E-state index is -0.965. The average Bonchev–Trinajstić information content (AvgIpc) is 2.69. The number of nitrogens with one attached hydrogen (secondary N) is 1. The molecule has 0 unspecified atom stereocenters. The molecule has 0 saturated carbocycles. The van der Waals surface area contributed by atoms with Crippen LogP contribution in [0.5, 0.6) is 11.5 Å². The number of ether oxygens (including phenoxy) is 1. The lowest BCUT2D eigenvalue weighted by atomic mass is 10.0. The van der Waals surface area contributed by atoms with Gasteiger partial charge in [0.1, 0.15) is 17.3 Å². The van der Waals surface area contributed by atoms with Gasteiger partial charge in [-0.2, -0.15) is 0 Å². The van der Waals surface area contributed by atoms with Gasteiger partial charge in [-0.15, -0.1) is 0 Å². The normalized spacial score (nSPS) is 11.8. The zero-order chi connectivity index (χ0) is 20.1. The molecule has 4 nitrogen and oxygen atoms in total. The molecular weight excluding hydrogens is 381 g/mol. The van der Waals surface area contributed by atoms with Gasteiger partial charge in [0.15, 0.2) is 0 Å². The second-order valence-electron chi connectivity index (χ2n) is 6.30. The molecule has 3 aromatic rings. The summed E-state index contributed by atoms with van der Waals surface area (Å²) in [6.45, 7) is 2.30. The second kappa shape index (κ2) is 8.87. The monoisotopic (exact) mass is 399 g/mol. The number of carboxylic acids is 1. The number of rotatable bonds is 7. The minimum absolute atomic E-state index is 0.204. The average molecular weight is 400 g/mol. The van der Waals surface area contributed by atoms with Crippen LogP contribution in [0, 0.1) is 5.82 Å². The van der Waals surface area contributed by atoms with Crippen LogP contribution in [-0.2, 0) is 6.54 Å². The maximum atomic E-state index is 13.1. The Morgan fingerprint density at radius 2 is 1.86 bits per heavy atom. The smallest absolute Gasteiger partial charge is 0.336 e. The molecule has 3 rings (SSSR count). The molecule has 3 aromatic carbocycles. The van der Waals surface area contributed by atoms with Gasteiger partial charge in [-0.1, -0.05) is 29.8 Å². The summed E-state index contributed by atoms with van der Waals surface area (Å²) in [5.41, 5.74) is 1.76. The lowest BCUT2D eigenvalue weighted by Gasteiger charge is -2.18. The summed E-state index contributed by atoms with van der Waals surface area (Å²) < 4.78 is 19.0. The van der Waals surface area contributed by atoms with Gasteiger partial charge in [-0.05, 0) is 61.0 Å². The van der Waals surface area contributed by atoms with Crippen molar-refractivity contribution in [2.75, 3.05) is 0 Å². The summed E-state index contributed by atoms with van der Waals surface area (Å²) in [5, 5.41) is 13.2. The second-order valence-corrected chi connectivity index (χ2v) is 6.74. The molecule has 0 amide bonds. The molecule has 0 heterocycles. The van der Waals surface area contributed by atoms with E-state index >= 15 is 0 Å². The van der Waals surface area contributed by atoms with E-state index in [1.165, 1.54) is 12.1 Å². The first-order valence-electron chi connectivity index (χ1n) is 8.71.